The molecule has 2 N–H and O–H groups in total. The Labute approximate surface area is 171 Å². The molecule has 5 nitrogen and oxygen atoms in total. The summed E-state index contributed by atoms with van der Waals surface area (Å²) in [6.07, 6.45) is 0.933. The van der Waals surface area contributed by atoms with Gasteiger partial charge in [0, 0.05) is 13.6 Å². The van der Waals surface area contributed by atoms with Gasteiger partial charge in [0.2, 0.25) is 5.89 Å². The number of aryl methyl sites for hydroxylation is 2. The number of guanidine groups is 1. The van der Waals surface area contributed by atoms with Crippen molar-refractivity contribution >= 4 is 40.7 Å². The molecule has 0 amide bonds. The van der Waals surface area contributed by atoms with Crippen LogP contribution in [-0.4, -0.2) is 24.5 Å². The maximum atomic E-state index is 5.57. The van der Waals surface area contributed by atoms with E-state index in [9.17, 15) is 0 Å². The molecule has 2 aromatic carbocycles. The van der Waals surface area contributed by atoms with Crippen LogP contribution in [0.5, 0.6) is 0 Å². The number of nitrogens with one attached hydrogen (secondary N) is 2. The molecule has 1 aromatic heterocycles. The second kappa shape index (κ2) is 9.56. The summed E-state index contributed by atoms with van der Waals surface area (Å²) in [5, 5.41) is 9.10. The van der Waals surface area contributed by atoms with Crippen molar-refractivity contribution in [1.29, 1.82) is 0 Å². The van der Waals surface area contributed by atoms with Crippen molar-refractivity contribution in [3.8, 4) is 0 Å². The molecule has 6 heteroatoms. The molecular formula is C20H25IN4O. The molecule has 3 rings (SSSR count). The van der Waals surface area contributed by atoms with Crippen molar-refractivity contribution in [2.24, 2.45) is 4.99 Å². The predicted molar refractivity (Wildman–Crippen MR) is 117 cm³/mol. The van der Waals surface area contributed by atoms with Gasteiger partial charge < -0.3 is 15.1 Å². The van der Waals surface area contributed by atoms with Crippen LogP contribution in [0.3, 0.4) is 0 Å². The second-order valence-electron chi connectivity index (χ2n) is 6.03. The molecule has 26 heavy (non-hydrogen) atoms. The number of rotatable bonds is 5. The highest BCUT2D eigenvalue weighted by molar-refractivity contribution is 14.0. The van der Waals surface area contributed by atoms with Crippen molar-refractivity contribution in [1.82, 2.24) is 15.6 Å². The van der Waals surface area contributed by atoms with Crippen LogP contribution in [0.4, 0.5) is 0 Å². The summed E-state index contributed by atoms with van der Waals surface area (Å²) in [5.41, 5.74) is 2.23. The lowest BCUT2D eigenvalue weighted by atomic mass is 10.1. The lowest BCUT2D eigenvalue weighted by Gasteiger charge is -2.11. The van der Waals surface area contributed by atoms with E-state index < -0.39 is 0 Å². The summed E-state index contributed by atoms with van der Waals surface area (Å²) in [5.74, 6) is 2.28. The Morgan fingerprint density at radius 3 is 2.54 bits per heavy atom. The average molecular weight is 464 g/mol. The van der Waals surface area contributed by atoms with Gasteiger partial charge in [-0.3, -0.25) is 4.99 Å². The fraction of sp³-hybridized carbons (Fsp3) is 0.300. The Morgan fingerprint density at radius 2 is 1.85 bits per heavy atom. The Morgan fingerprint density at radius 1 is 1.08 bits per heavy atom. The zero-order chi connectivity index (χ0) is 17.6. The number of hydrogen-bond acceptors (Lipinski definition) is 3. The summed E-state index contributed by atoms with van der Waals surface area (Å²) in [7, 11) is 1.76. The minimum atomic E-state index is 0. The number of aliphatic imine (C=N–C) groups is 1. The molecule has 0 saturated heterocycles. The van der Waals surface area contributed by atoms with Gasteiger partial charge in [0.25, 0.3) is 0 Å². The predicted octanol–water partition coefficient (Wildman–Crippen LogP) is 3.97. The number of aromatic nitrogens is 1. The highest BCUT2D eigenvalue weighted by Gasteiger charge is 2.06. The SMILES string of the molecule is CN=C(NCCc1ccc2ccccc2c1)NCc1nc(C)c(C)o1.I. The molecule has 138 valence electrons. The van der Waals surface area contributed by atoms with Gasteiger partial charge in [-0.05, 0) is 36.6 Å². The Kier molecular flexibility index (Phi) is 7.44. The van der Waals surface area contributed by atoms with E-state index in [0.29, 0.717) is 12.4 Å². The first-order valence-corrected chi connectivity index (χ1v) is 8.51. The van der Waals surface area contributed by atoms with E-state index in [-0.39, 0.29) is 24.0 Å². The van der Waals surface area contributed by atoms with E-state index in [1.54, 1.807) is 7.05 Å². The van der Waals surface area contributed by atoms with E-state index >= 15 is 0 Å². The molecule has 0 aliphatic carbocycles. The van der Waals surface area contributed by atoms with Gasteiger partial charge in [-0.2, -0.15) is 0 Å². The fourth-order valence-corrected chi connectivity index (χ4v) is 2.71. The van der Waals surface area contributed by atoms with Gasteiger partial charge in [0.05, 0.1) is 12.2 Å². The molecule has 0 aliphatic rings. The minimum absolute atomic E-state index is 0. The molecule has 0 fully saturated rings. The number of halogens is 1. The number of benzene rings is 2. The van der Waals surface area contributed by atoms with Gasteiger partial charge in [-0.1, -0.05) is 42.5 Å². The van der Waals surface area contributed by atoms with Crippen molar-refractivity contribution < 1.29 is 4.42 Å². The Hall–Kier alpha value is -2.09. The fourth-order valence-electron chi connectivity index (χ4n) is 2.71. The molecule has 0 bridgehead atoms. The van der Waals surface area contributed by atoms with Crippen molar-refractivity contribution in [3.63, 3.8) is 0 Å². The molecule has 0 atom stereocenters. The summed E-state index contributed by atoms with van der Waals surface area (Å²) in [6.45, 7) is 5.19. The van der Waals surface area contributed by atoms with Gasteiger partial charge in [-0.25, -0.2) is 4.98 Å². The summed E-state index contributed by atoms with van der Waals surface area (Å²) in [4.78, 5) is 8.60. The van der Waals surface area contributed by atoms with E-state index in [1.165, 1.54) is 16.3 Å². The maximum Gasteiger partial charge on any atom is 0.214 e. The molecule has 1 heterocycles. The minimum Gasteiger partial charge on any atom is -0.444 e. The topological polar surface area (TPSA) is 62.5 Å². The Bertz CT molecular complexity index is 869. The van der Waals surface area contributed by atoms with Crippen LogP contribution in [0.2, 0.25) is 0 Å². The lowest BCUT2D eigenvalue weighted by molar-refractivity contribution is 0.464. The summed E-state index contributed by atoms with van der Waals surface area (Å²) < 4.78 is 5.57. The van der Waals surface area contributed by atoms with E-state index in [2.05, 4.69) is 63.1 Å². The number of nitrogens with zero attached hydrogens (tertiary/aromatic N) is 2. The average Bonchev–Trinajstić information content (AvgIpc) is 2.95. The number of oxazole rings is 1. The summed E-state index contributed by atoms with van der Waals surface area (Å²) >= 11 is 0. The Balaban J connectivity index is 0.00000243. The highest BCUT2D eigenvalue weighted by atomic mass is 127. The zero-order valence-corrected chi connectivity index (χ0v) is 17.7. The third-order valence-corrected chi connectivity index (χ3v) is 4.22. The monoisotopic (exact) mass is 464 g/mol. The van der Waals surface area contributed by atoms with E-state index in [1.807, 2.05) is 13.8 Å². The first-order valence-electron chi connectivity index (χ1n) is 8.51. The largest absolute Gasteiger partial charge is 0.444 e. The smallest absolute Gasteiger partial charge is 0.214 e. The number of fused-ring (bicyclic) bond motifs is 1. The molecule has 0 radical (unpaired) electrons. The molecule has 3 aromatic rings. The van der Waals surface area contributed by atoms with Crippen molar-refractivity contribution in [2.45, 2.75) is 26.8 Å². The van der Waals surface area contributed by atoms with E-state index in [4.69, 9.17) is 4.42 Å². The van der Waals surface area contributed by atoms with Gasteiger partial charge >= 0.3 is 0 Å². The van der Waals surface area contributed by atoms with Crippen LogP contribution in [0.25, 0.3) is 10.8 Å². The lowest BCUT2D eigenvalue weighted by Crippen LogP contribution is -2.37. The first-order chi connectivity index (χ1) is 12.2. The standard InChI is InChI=1S/C20H24N4O.HI/c1-14-15(2)25-19(24-14)13-23-20(21-3)22-11-10-16-8-9-17-6-4-5-7-18(17)12-16;/h4-9,12H,10-11,13H2,1-3H3,(H2,21,22,23);1H. The van der Waals surface area contributed by atoms with Crippen LogP contribution in [0.15, 0.2) is 51.9 Å². The molecule has 0 spiro atoms. The van der Waals surface area contributed by atoms with Crippen LogP contribution >= 0.6 is 24.0 Å². The molecule has 0 unspecified atom stereocenters. The van der Waals surface area contributed by atoms with Crippen LogP contribution in [-0.2, 0) is 13.0 Å². The molecular weight excluding hydrogens is 439 g/mol. The van der Waals surface area contributed by atoms with Gasteiger partial charge in [0.1, 0.15) is 5.76 Å². The van der Waals surface area contributed by atoms with Crippen LogP contribution < -0.4 is 10.6 Å². The molecule has 0 aliphatic heterocycles. The van der Waals surface area contributed by atoms with Crippen LogP contribution in [0, 0.1) is 13.8 Å². The van der Waals surface area contributed by atoms with Gasteiger partial charge in [-0.15, -0.1) is 24.0 Å². The second-order valence-corrected chi connectivity index (χ2v) is 6.03. The zero-order valence-electron chi connectivity index (χ0n) is 15.4. The van der Waals surface area contributed by atoms with Crippen LogP contribution in [0.1, 0.15) is 22.9 Å². The first kappa shape index (κ1) is 20.2. The normalized spacial score (nSPS) is 11.3. The molecule has 0 saturated carbocycles. The third kappa shape index (κ3) is 5.20. The third-order valence-electron chi connectivity index (χ3n) is 4.22. The van der Waals surface area contributed by atoms with Gasteiger partial charge in [0.15, 0.2) is 5.96 Å². The summed E-state index contributed by atoms with van der Waals surface area (Å²) in [6, 6.07) is 15.0. The van der Waals surface area contributed by atoms with E-state index in [0.717, 1.165) is 30.4 Å². The maximum absolute atomic E-state index is 5.57. The van der Waals surface area contributed by atoms with Crippen molar-refractivity contribution in [3.05, 3.63) is 65.4 Å². The highest BCUT2D eigenvalue weighted by Crippen LogP contribution is 2.15. The quantitative estimate of drug-likeness (QED) is 0.341. The van der Waals surface area contributed by atoms with Crippen molar-refractivity contribution in [2.75, 3.05) is 13.6 Å². The number of hydrogen-bond donors (Lipinski definition) is 2.